The molecule has 1 aliphatic rings. The number of hydrogen-bond acceptors (Lipinski definition) is 3. The van der Waals surface area contributed by atoms with Crippen LogP contribution in [0.1, 0.15) is 17.5 Å². The van der Waals surface area contributed by atoms with Gasteiger partial charge >= 0.3 is 5.97 Å². The minimum absolute atomic E-state index is 0.201. The summed E-state index contributed by atoms with van der Waals surface area (Å²) in [5.74, 6) is -1.58. The number of nitrogens with zero attached hydrogens (tertiary/aromatic N) is 1. The summed E-state index contributed by atoms with van der Waals surface area (Å²) < 4.78 is 0. The van der Waals surface area contributed by atoms with Gasteiger partial charge in [-0.25, -0.2) is 0 Å². The molecule has 104 valence electrons. The van der Waals surface area contributed by atoms with Crippen LogP contribution < -0.4 is 0 Å². The van der Waals surface area contributed by atoms with Gasteiger partial charge in [0, 0.05) is 12.6 Å². The summed E-state index contributed by atoms with van der Waals surface area (Å²) >= 11 is 0. The Labute approximate surface area is 113 Å². The van der Waals surface area contributed by atoms with E-state index in [1.165, 1.54) is 11.1 Å². The van der Waals surface area contributed by atoms with E-state index >= 15 is 0 Å². The van der Waals surface area contributed by atoms with E-state index in [1.807, 2.05) is 19.2 Å². The minimum atomic E-state index is -0.909. The first-order valence-corrected chi connectivity index (χ1v) is 6.64. The summed E-state index contributed by atoms with van der Waals surface area (Å²) in [6.45, 7) is 2.49. The summed E-state index contributed by atoms with van der Waals surface area (Å²) in [5.41, 5.74) is 2.51. The number of carbonyl (C=O) groups is 1. The molecule has 0 spiro atoms. The fourth-order valence-electron chi connectivity index (χ4n) is 2.78. The van der Waals surface area contributed by atoms with Gasteiger partial charge < -0.3 is 15.1 Å². The standard InChI is InChI=1S/C15H21NO3/c1-10-5-3-4-6-11(10)7-12-8-14(17)13(15(18)19)9-16(12)2/h3-6,12-14,17H,7-9H2,1-2H3,(H,18,19). The highest BCUT2D eigenvalue weighted by Crippen LogP contribution is 2.25. The average Bonchev–Trinajstić information content (AvgIpc) is 2.35. The maximum atomic E-state index is 11.0. The van der Waals surface area contributed by atoms with Crippen LogP contribution in [-0.4, -0.2) is 46.8 Å². The predicted octanol–water partition coefficient (Wildman–Crippen LogP) is 1.30. The zero-order valence-corrected chi connectivity index (χ0v) is 11.4. The predicted molar refractivity (Wildman–Crippen MR) is 73.1 cm³/mol. The second kappa shape index (κ2) is 5.72. The van der Waals surface area contributed by atoms with Crippen molar-refractivity contribution in [2.75, 3.05) is 13.6 Å². The molecule has 4 nitrogen and oxygen atoms in total. The molecule has 1 aromatic rings. The summed E-state index contributed by atoms with van der Waals surface area (Å²) in [4.78, 5) is 13.1. The third-order valence-corrected chi connectivity index (χ3v) is 4.12. The zero-order valence-electron chi connectivity index (χ0n) is 11.4. The summed E-state index contributed by atoms with van der Waals surface area (Å²) in [7, 11) is 1.94. The highest BCUT2D eigenvalue weighted by Gasteiger charge is 2.36. The van der Waals surface area contributed by atoms with Gasteiger partial charge in [0.15, 0.2) is 0 Å². The lowest BCUT2D eigenvalue weighted by molar-refractivity contribution is -0.149. The first kappa shape index (κ1) is 14.0. The van der Waals surface area contributed by atoms with Gasteiger partial charge in [0.2, 0.25) is 0 Å². The molecule has 0 aliphatic carbocycles. The molecule has 3 atom stereocenters. The van der Waals surface area contributed by atoms with Crippen LogP contribution in [0.15, 0.2) is 24.3 Å². The van der Waals surface area contributed by atoms with Crippen molar-refractivity contribution in [2.24, 2.45) is 5.92 Å². The molecule has 3 unspecified atom stereocenters. The van der Waals surface area contributed by atoms with Gasteiger partial charge in [0.25, 0.3) is 0 Å². The molecule has 1 aliphatic heterocycles. The molecule has 0 bridgehead atoms. The second-order valence-electron chi connectivity index (χ2n) is 5.47. The number of likely N-dealkylation sites (N-methyl/N-ethyl adjacent to an activating group) is 1. The number of hydrogen-bond donors (Lipinski definition) is 2. The number of carboxylic acid groups (broad SMARTS) is 1. The number of piperidine rings is 1. The SMILES string of the molecule is Cc1ccccc1CC1CC(O)C(C(=O)O)CN1C. The molecule has 4 heteroatoms. The Balaban J connectivity index is 2.07. The van der Waals surface area contributed by atoms with E-state index in [2.05, 4.69) is 24.0 Å². The van der Waals surface area contributed by atoms with Crippen LogP contribution in [0.25, 0.3) is 0 Å². The van der Waals surface area contributed by atoms with Crippen LogP contribution in [0.5, 0.6) is 0 Å². The van der Waals surface area contributed by atoms with Crippen LogP contribution in [0.3, 0.4) is 0 Å². The summed E-state index contributed by atoms with van der Waals surface area (Å²) in [5, 5.41) is 19.0. The van der Waals surface area contributed by atoms with Crippen molar-refractivity contribution in [2.45, 2.75) is 31.9 Å². The smallest absolute Gasteiger partial charge is 0.310 e. The Morgan fingerprint density at radius 1 is 1.42 bits per heavy atom. The van der Waals surface area contributed by atoms with Crippen molar-refractivity contribution in [3.8, 4) is 0 Å². The summed E-state index contributed by atoms with van der Waals surface area (Å²) in [6.07, 6.45) is 0.622. The topological polar surface area (TPSA) is 60.8 Å². The normalized spacial score (nSPS) is 28.3. The zero-order chi connectivity index (χ0) is 14.0. The number of rotatable bonds is 3. The minimum Gasteiger partial charge on any atom is -0.481 e. The van der Waals surface area contributed by atoms with E-state index in [9.17, 15) is 9.90 Å². The van der Waals surface area contributed by atoms with Crippen LogP contribution in [0, 0.1) is 12.8 Å². The molecular formula is C15H21NO3. The maximum absolute atomic E-state index is 11.0. The van der Waals surface area contributed by atoms with Crippen molar-refractivity contribution in [1.82, 2.24) is 4.90 Å². The van der Waals surface area contributed by atoms with Crippen LogP contribution in [-0.2, 0) is 11.2 Å². The Morgan fingerprint density at radius 2 is 2.11 bits per heavy atom. The average molecular weight is 263 g/mol. The number of aryl methyl sites for hydroxylation is 1. The van der Waals surface area contributed by atoms with E-state index in [4.69, 9.17) is 5.11 Å². The molecule has 0 radical (unpaired) electrons. The Bertz CT molecular complexity index is 460. The molecular weight excluding hydrogens is 242 g/mol. The first-order chi connectivity index (χ1) is 8.99. The largest absolute Gasteiger partial charge is 0.481 e. The van der Waals surface area contributed by atoms with Crippen LogP contribution in [0.4, 0.5) is 0 Å². The van der Waals surface area contributed by atoms with Gasteiger partial charge in [-0.15, -0.1) is 0 Å². The van der Waals surface area contributed by atoms with Crippen LogP contribution >= 0.6 is 0 Å². The first-order valence-electron chi connectivity index (χ1n) is 6.64. The van der Waals surface area contributed by atoms with E-state index in [0.29, 0.717) is 13.0 Å². The van der Waals surface area contributed by atoms with E-state index in [1.54, 1.807) is 0 Å². The van der Waals surface area contributed by atoms with Crippen molar-refractivity contribution < 1.29 is 15.0 Å². The van der Waals surface area contributed by atoms with E-state index < -0.39 is 18.0 Å². The van der Waals surface area contributed by atoms with Gasteiger partial charge in [0.05, 0.1) is 12.0 Å². The highest BCUT2D eigenvalue weighted by atomic mass is 16.4. The maximum Gasteiger partial charge on any atom is 0.310 e. The number of aliphatic carboxylic acids is 1. The molecule has 0 saturated carbocycles. The second-order valence-corrected chi connectivity index (χ2v) is 5.47. The van der Waals surface area contributed by atoms with Crippen molar-refractivity contribution in [3.63, 3.8) is 0 Å². The third kappa shape index (κ3) is 3.14. The molecule has 1 aromatic carbocycles. The number of likely N-dealkylation sites (tertiary alicyclic amines) is 1. The fourth-order valence-corrected chi connectivity index (χ4v) is 2.78. The number of aliphatic hydroxyl groups excluding tert-OH is 1. The third-order valence-electron chi connectivity index (χ3n) is 4.12. The van der Waals surface area contributed by atoms with Gasteiger partial charge in [-0.05, 0) is 37.9 Å². The monoisotopic (exact) mass is 263 g/mol. The van der Waals surface area contributed by atoms with E-state index in [-0.39, 0.29) is 6.04 Å². The quantitative estimate of drug-likeness (QED) is 0.863. The number of carboxylic acids is 1. The fraction of sp³-hybridized carbons (Fsp3) is 0.533. The lowest BCUT2D eigenvalue weighted by atomic mass is 9.87. The summed E-state index contributed by atoms with van der Waals surface area (Å²) in [6, 6.07) is 8.40. The molecule has 2 rings (SSSR count). The van der Waals surface area contributed by atoms with Crippen molar-refractivity contribution in [3.05, 3.63) is 35.4 Å². The van der Waals surface area contributed by atoms with Crippen molar-refractivity contribution in [1.29, 1.82) is 0 Å². The van der Waals surface area contributed by atoms with Gasteiger partial charge in [0.1, 0.15) is 0 Å². The molecule has 0 amide bonds. The molecule has 2 N–H and O–H groups in total. The van der Waals surface area contributed by atoms with E-state index in [0.717, 1.165) is 6.42 Å². The molecule has 0 aromatic heterocycles. The lowest BCUT2D eigenvalue weighted by Gasteiger charge is -2.39. The molecule has 1 fully saturated rings. The molecule has 1 heterocycles. The van der Waals surface area contributed by atoms with Crippen LogP contribution in [0.2, 0.25) is 0 Å². The molecule has 19 heavy (non-hydrogen) atoms. The Morgan fingerprint density at radius 3 is 2.74 bits per heavy atom. The van der Waals surface area contributed by atoms with Gasteiger partial charge in [-0.1, -0.05) is 24.3 Å². The Kier molecular flexibility index (Phi) is 4.22. The number of benzene rings is 1. The van der Waals surface area contributed by atoms with Crippen molar-refractivity contribution >= 4 is 5.97 Å². The van der Waals surface area contributed by atoms with Gasteiger partial charge in [-0.3, -0.25) is 4.79 Å². The highest BCUT2D eigenvalue weighted by molar-refractivity contribution is 5.71. The Hall–Kier alpha value is -1.39. The number of aliphatic hydroxyl groups is 1. The molecule has 1 saturated heterocycles. The van der Waals surface area contributed by atoms with Gasteiger partial charge in [-0.2, -0.15) is 0 Å². The lowest BCUT2D eigenvalue weighted by Crippen LogP contribution is -2.51.